The highest BCUT2D eigenvalue weighted by atomic mass is 16.3. The standard InChI is InChI=1S/C20H30O3/c1-3-4-5-6-7-15-11-18(22)20(19(23)12-15)17-10-14(2)8-9-16(17)13-21/h11-12,14,21-23H,3-10,13H2,1-2H3. The van der Waals surface area contributed by atoms with E-state index in [2.05, 4.69) is 13.8 Å². The van der Waals surface area contributed by atoms with Crippen molar-refractivity contribution in [1.29, 1.82) is 0 Å². The predicted molar refractivity (Wildman–Crippen MR) is 94.6 cm³/mol. The van der Waals surface area contributed by atoms with E-state index < -0.39 is 0 Å². The Morgan fingerprint density at radius 1 is 1.09 bits per heavy atom. The molecule has 0 saturated carbocycles. The first kappa shape index (κ1) is 17.9. The van der Waals surface area contributed by atoms with Crippen LogP contribution in [0.3, 0.4) is 0 Å². The lowest BCUT2D eigenvalue weighted by Gasteiger charge is -2.25. The van der Waals surface area contributed by atoms with Crippen LogP contribution < -0.4 is 0 Å². The molecule has 3 heteroatoms. The Morgan fingerprint density at radius 2 is 1.78 bits per heavy atom. The van der Waals surface area contributed by atoms with Crippen molar-refractivity contribution in [2.45, 2.75) is 65.2 Å². The monoisotopic (exact) mass is 318 g/mol. The maximum absolute atomic E-state index is 10.5. The molecule has 0 aromatic heterocycles. The minimum Gasteiger partial charge on any atom is -0.507 e. The van der Waals surface area contributed by atoms with Gasteiger partial charge in [0.2, 0.25) is 0 Å². The molecular weight excluding hydrogens is 288 g/mol. The number of hydrogen-bond acceptors (Lipinski definition) is 3. The maximum Gasteiger partial charge on any atom is 0.127 e. The summed E-state index contributed by atoms with van der Waals surface area (Å²) in [5, 5.41) is 30.5. The van der Waals surface area contributed by atoms with Crippen LogP contribution in [-0.4, -0.2) is 21.9 Å². The van der Waals surface area contributed by atoms with E-state index in [1.54, 1.807) is 12.1 Å². The maximum atomic E-state index is 10.5. The minimum atomic E-state index is -0.000295. The highest BCUT2D eigenvalue weighted by molar-refractivity contribution is 5.78. The number of phenolic OH excluding ortho intramolecular Hbond substituents is 2. The first-order chi connectivity index (χ1) is 11.1. The Balaban J connectivity index is 2.24. The van der Waals surface area contributed by atoms with Crippen LogP contribution in [0.2, 0.25) is 0 Å². The van der Waals surface area contributed by atoms with Gasteiger partial charge in [-0.3, -0.25) is 0 Å². The van der Waals surface area contributed by atoms with Gasteiger partial charge in [-0.05, 0) is 66.9 Å². The lowest BCUT2D eigenvalue weighted by atomic mass is 9.81. The van der Waals surface area contributed by atoms with Crippen molar-refractivity contribution in [3.63, 3.8) is 0 Å². The molecule has 1 aromatic rings. The van der Waals surface area contributed by atoms with Crippen LogP contribution in [0.15, 0.2) is 17.7 Å². The summed E-state index contributed by atoms with van der Waals surface area (Å²) < 4.78 is 0. The molecule has 23 heavy (non-hydrogen) atoms. The highest BCUT2D eigenvalue weighted by Crippen LogP contribution is 2.43. The molecule has 3 N–H and O–H groups in total. The molecule has 1 unspecified atom stereocenters. The number of unbranched alkanes of at least 4 members (excludes halogenated alkanes) is 3. The largest absolute Gasteiger partial charge is 0.507 e. The Hall–Kier alpha value is -1.48. The van der Waals surface area contributed by atoms with Gasteiger partial charge < -0.3 is 15.3 Å². The normalized spacial score (nSPS) is 18.5. The number of aryl methyl sites for hydroxylation is 1. The van der Waals surface area contributed by atoms with Crippen LogP contribution >= 0.6 is 0 Å². The molecule has 0 radical (unpaired) electrons. The third-order valence-corrected chi connectivity index (χ3v) is 4.89. The van der Waals surface area contributed by atoms with Gasteiger partial charge in [0, 0.05) is 0 Å². The molecule has 1 atom stereocenters. The molecule has 0 heterocycles. The summed E-state index contributed by atoms with van der Waals surface area (Å²) in [5.74, 6) is 0.795. The van der Waals surface area contributed by atoms with E-state index in [-0.39, 0.29) is 18.1 Å². The van der Waals surface area contributed by atoms with E-state index in [4.69, 9.17) is 0 Å². The molecule has 0 amide bonds. The number of aliphatic hydroxyl groups is 1. The quantitative estimate of drug-likeness (QED) is 0.634. The van der Waals surface area contributed by atoms with Gasteiger partial charge in [0.05, 0.1) is 12.2 Å². The summed E-state index contributed by atoms with van der Waals surface area (Å²) in [6.07, 6.45) is 8.24. The van der Waals surface area contributed by atoms with Crippen LogP contribution in [-0.2, 0) is 6.42 Å². The van der Waals surface area contributed by atoms with Crippen molar-refractivity contribution in [2.24, 2.45) is 5.92 Å². The van der Waals surface area contributed by atoms with Gasteiger partial charge in [-0.25, -0.2) is 0 Å². The zero-order valence-electron chi connectivity index (χ0n) is 14.4. The number of allylic oxidation sites excluding steroid dienone is 1. The number of benzene rings is 1. The van der Waals surface area contributed by atoms with Crippen LogP contribution in [0.4, 0.5) is 0 Å². The molecule has 3 nitrogen and oxygen atoms in total. The summed E-state index contributed by atoms with van der Waals surface area (Å²) in [7, 11) is 0. The molecule has 0 spiro atoms. The second kappa shape index (κ2) is 8.39. The summed E-state index contributed by atoms with van der Waals surface area (Å²) in [6, 6.07) is 3.56. The molecule has 0 bridgehead atoms. The van der Waals surface area contributed by atoms with Crippen molar-refractivity contribution < 1.29 is 15.3 Å². The lowest BCUT2D eigenvalue weighted by Crippen LogP contribution is -2.10. The van der Waals surface area contributed by atoms with E-state index in [1.807, 2.05) is 0 Å². The van der Waals surface area contributed by atoms with Gasteiger partial charge in [0.15, 0.2) is 0 Å². The first-order valence-electron chi connectivity index (χ1n) is 8.93. The number of phenols is 2. The van der Waals surface area contributed by atoms with E-state index in [9.17, 15) is 15.3 Å². The smallest absolute Gasteiger partial charge is 0.127 e. The summed E-state index contributed by atoms with van der Waals surface area (Å²) in [4.78, 5) is 0. The minimum absolute atomic E-state index is 0.000295. The van der Waals surface area contributed by atoms with Gasteiger partial charge in [-0.15, -0.1) is 0 Å². The fraction of sp³-hybridized carbons (Fsp3) is 0.600. The average Bonchev–Trinajstić information content (AvgIpc) is 2.51. The van der Waals surface area contributed by atoms with Crippen molar-refractivity contribution in [1.82, 2.24) is 0 Å². The first-order valence-corrected chi connectivity index (χ1v) is 8.93. The van der Waals surface area contributed by atoms with Gasteiger partial charge in [0.1, 0.15) is 11.5 Å². The third-order valence-electron chi connectivity index (χ3n) is 4.89. The SMILES string of the molecule is CCCCCCc1cc(O)c(C2=C(CO)CCC(C)C2)c(O)c1. The van der Waals surface area contributed by atoms with Gasteiger partial charge in [-0.1, -0.05) is 33.1 Å². The lowest BCUT2D eigenvalue weighted by molar-refractivity contribution is 0.319. The van der Waals surface area contributed by atoms with Gasteiger partial charge in [0.25, 0.3) is 0 Å². The van der Waals surface area contributed by atoms with E-state index in [0.29, 0.717) is 11.5 Å². The number of aliphatic hydroxyl groups excluding tert-OH is 1. The second-order valence-electron chi connectivity index (χ2n) is 6.91. The Bertz CT molecular complexity index is 537. The Kier molecular flexibility index (Phi) is 6.52. The average molecular weight is 318 g/mol. The highest BCUT2D eigenvalue weighted by Gasteiger charge is 2.23. The van der Waals surface area contributed by atoms with Crippen molar-refractivity contribution in [3.8, 4) is 11.5 Å². The molecular formula is C20H30O3. The Labute approximate surface area is 139 Å². The summed E-state index contributed by atoms with van der Waals surface area (Å²) in [6.45, 7) is 4.36. The van der Waals surface area contributed by atoms with Crippen LogP contribution in [0, 0.1) is 5.92 Å². The fourth-order valence-electron chi connectivity index (χ4n) is 3.50. The molecule has 1 aliphatic rings. The van der Waals surface area contributed by atoms with E-state index >= 15 is 0 Å². The zero-order valence-corrected chi connectivity index (χ0v) is 14.4. The van der Waals surface area contributed by atoms with Crippen LogP contribution in [0.5, 0.6) is 11.5 Å². The molecule has 1 aromatic carbocycles. The molecule has 0 fully saturated rings. The molecule has 2 rings (SSSR count). The molecule has 0 saturated heterocycles. The predicted octanol–water partition coefficient (Wildman–Crippen LogP) is 4.79. The molecule has 1 aliphatic carbocycles. The van der Waals surface area contributed by atoms with Crippen LogP contribution in [0.25, 0.3) is 5.57 Å². The fourth-order valence-corrected chi connectivity index (χ4v) is 3.50. The van der Waals surface area contributed by atoms with Gasteiger partial charge >= 0.3 is 0 Å². The topological polar surface area (TPSA) is 60.7 Å². The van der Waals surface area contributed by atoms with Crippen molar-refractivity contribution in [2.75, 3.05) is 6.61 Å². The Morgan fingerprint density at radius 3 is 2.39 bits per heavy atom. The van der Waals surface area contributed by atoms with Crippen LogP contribution in [0.1, 0.15) is 69.9 Å². The van der Waals surface area contributed by atoms with Gasteiger partial charge in [-0.2, -0.15) is 0 Å². The summed E-state index contributed by atoms with van der Waals surface area (Å²) in [5.41, 5.74) is 3.39. The second-order valence-corrected chi connectivity index (χ2v) is 6.91. The van der Waals surface area contributed by atoms with Crippen molar-refractivity contribution >= 4 is 5.57 Å². The zero-order chi connectivity index (χ0) is 16.8. The van der Waals surface area contributed by atoms with E-state index in [1.165, 1.54) is 19.3 Å². The number of hydrogen-bond donors (Lipinski definition) is 3. The number of aromatic hydroxyl groups is 2. The van der Waals surface area contributed by atoms with E-state index in [0.717, 1.165) is 48.8 Å². The molecule has 0 aliphatic heterocycles. The van der Waals surface area contributed by atoms with Crippen molar-refractivity contribution in [3.05, 3.63) is 28.8 Å². The third kappa shape index (κ3) is 4.51. The summed E-state index contributed by atoms with van der Waals surface area (Å²) >= 11 is 0. The number of rotatable bonds is 7. The molecule has 128 valence electrons.